The van der Waals surface area contributed by atoms with E-state index in [9.17, 15) is 0 Å². The van der Waals surface area contributed by atoms with Crippen molar-refractivity contribution in [3.05, 3.63) is 21.9 Å². The highest BCUT2D eigenvalue weighted by Crippen LogP contribution is 2.25. The third-order valence-electron chi connectivity index (χ3n) is 2.82. The molecule has 1 aromatic heterocycles. The molecule has 86 valence electrons. The first-order chi connectivity index (χ1) is 7.29. The smallest absolute Gasteiger partial charge is 0.0470 e. The highest BCUT2D eigenvalue weighted by atomic mass is 32.1. The molecule has 0 aliphatic carbocycles. The summed E-state index contributed by atoms with van der Waals surface area (Å²) in [6.45, 7) is 4.39. The van der Waals surface area contributed by atoms with Crippen LogP contribution in [-0.4, -0.2) is 0 Å². The maximum Gasteiger partial charge on any atom is 0.0470 e. The van der Waals surface area contributed by atoms with Gasteiger partial charge in [0, 0.05) is 6.04 Å². The molecule has 0 bridgehead atoms. The van der Waals surface area contributed by atoms with E-state index in [0.29, 0.717) is 6.04 Å². The Labute approximate surface area is 96.9 Å². The van der Waals surface area contributed by atoms with Gasteiger partial charge in [0.2, 0.25) is 0 Å². The van der Waals surface area contributed by atoms with Crippen molar-refractivity contribution in [2.45, 2.75) is 52.0 Å². The first-order valence-corrected chi connectivity index (χ1v) is 6.72. The molecule has 1 unspecified atom stereocenters. The van der Waals surface area contributed by atoms with E-state index in [4.69, 9.17) is 5.84 Å². The molecule has 1 atom stereocenters. The van der Waals surface area contributed by atoms with E-state index >= 15 is 0 Å². The lowest BCUT2D eigenvalue weighted by molar-refractivity contribution is 0.481. The standard InChI is InChI=1S/C12H22N2S/c1-3-4-5-6-7-12(14-13)11-9-15-8-10(11)2/h8-9,12,14H,3-7,13H2,1-2H3. The number of nitrogens with one attached hydrogen (secondary N) is 1. The summed E-state index contributed by atoms with van der Waals surface area (Å²) in [6.07, 6.45) is 6.35. The molecule has 2 nitrogen and oxygen atoms in total. The fourth-order valence-electron chi connectivity index (χ4n) is 1.83. The number of hydrazine groups is 1. The molecule has 1 heterocycles. The molecular weight excluding hydrogens is 204 g/mol. The number of thiophene rings is 1. The van der Waals surface area contributed by atoms with Crippen molar-refractivity contribution in [3.63, 3.8) is 0 Å². The summed E-state index contributed by atoms with van der Waals surface area (Å²) >= 11 is 1.76. The maximum absolute atomic E-state index is 5.60. The summed E-state index contributed by atoms with van der Waals surface area (Å²) in [6, 6.07) is 0.341. The third-order valence-corrected chi connectivity index (χ3v) is 3.70. The van der Waals surface area contributed by atoms with Crippen molar-refractivity contribution >= 4 is 11.3 Å². The van der Waals surface area contributed by atoms with E-state index in [2.05, 4.69) is 30.0 Å². The van der Waals surface area contributed by atoms with E-state index < -0.39 is 0 Å². The second-order valence-electron chi connectivity index (χ2n) is 4.08. The van der Waals surface area contributed by atoms with Crippen LogP contribution in [0.5, 0.6) is 0 Å². The van der Waals surface area contributed by atoms with Gasteiger partial charge >= 0.3 is 0 Å². The molecule has 3 heteroatoms. The van der Waals surface area contributed by atoms with Crippen molar-refractivity contribution in [2.75, 3.05) is 0 Å². The highest BCUT2D eigenvalue weighted by molar-refractivity contribution is 7.08. The summed E-state index contributed by atoms with van der Waals surface area (Å²) in [5.74, 6) is 5.60. The number of nitrogens with two attached hydrogens (primary N) is 1. The van der Waals surface area contributed by atoms with E-state index in [1.165, 1.54) is 36.8 Å². The van der Waals surface area contributed by atoms with Crippen LogP contribution in [0.4, 0.5) is 0 Å². The van der Waals surface area contributed by atoms with E-state index in [1.54, 1.807) is 11.3 Å². The minimum atomic E-state index is 0.341. The summed E-state index contributed by atoms with van der Waals surface area (Å²) < 4.78 is 0. The topological polar surface area (TPSA) is 38.0 Å². The number of unbranched alkanes of at least 4 members (excludes halogenated alkanes) is 3. The minimum absolute atomic E-state index is 0.341. The van der Waals surface area contributed by atoms with Crippen LogP contribution in [0, 0.1) is 6.92 Å². The molecule has 0 radical (unpaired) electrons. The zero-order valence-corrected chi connectivity index (χ0v) is 10.6. The Hall–Kier alpha value is -0.380. The van der Waals surface area contributed by atoms with Gasteiger partial charge in [-0.25, -0.2) is 0 Å². The van der Waals surface area contributed by atoms with Crippen LogP contribution in [0.3, 0.4) is 0 Å². The fourth-order valence-corrected chi connectivity index (χ4v) is 2.74. The number of hydrogen-bond acceptors (Lipinski definition) is 3. The minimum Gasteiger partial charge on any atom is -0.271 e. The van der Waals surface area contributed by atoms with Crippen molar-refractivity contribution in [1.29, 1.82) is 0 Å². The molecule has 0 spiro atoms. The average molecular weight is 226 g/mol. The van der Waals surface area contributed by atoms with Crippen LogP contribution in [0.25, 0.3) is 0 Å². The predicted octanol–water partition coefficient (Wildman–Crippen LogP) is 3.53. The largest absolute Gasteiger partial charge is 0.271 e. The first-order valence-electron chi connectivity index (χ1n) is 5.78. The molecule has 0 fully saturated rings. The highest BCUT2D eigenvalue weighted by Gasteiger charge is 2.11. The summed E-state index contributed by atoms with van der Waals surface area (Å²) in [7, 11) is 0. The summed E-state index contributed by atoms with van der Waals surface area (Å²) in [5.41, 5.74) is 5.66. The van der Waals surface area contributed by atoms with Crippen LogP contribution in [-0.2, 0) is 0 Å². The quantitative estimate of drug-likeness (QED) is 0.424. The Kier molecular flexibility index (Phi) is 5.91. The average Bonchev–Trinajstić information content (AvgIpc) is 2.65. The number of rotatable bonds is 7. The molecule has 1 rings (SSSR count). The normalized spacial score (nSPS) is 13.0. The van der Waals surface area contributed by atoms with Crippen molar-refractivity contribution in [1.82, 2.24) is 5.43 Å². The van der Waals surface area contributed by atoms with Gasteiger partial charge in [-0.1, -0.05) is 32.6 Å². The van der Waals surface area contributed by atoms with Gasteiger partial charge in [0.1, 0.15) is 0 Å². The van der Waals surface area contributed by atoms with Crippen molar-refractivity contribution in [3.8, 4) is 0 Å². The molecule has 0 saturated heterocycles. The van der Waals surface area contributed by atoms with Crippen LogP contribution < -0.4 is 11.3 Å². The Balaban J connectivity index is 2.39. The lowest BCUT2D eigenvalue weighted by Crippen LogP contribution is -2.28. The van der Waals surface area contributed by atoms with Gasteiger partial charge in [-0.15, -0.1) is 0 Å². The molecule has 0 amide bonds. The molecule has 0 saturated carbocycles. The van der Waals surface area contributed by atoms with Gasteiger partial charge in [-0.2, -0.15) is 11.3 Å². The second kappa shape index (κ2) is 6.99. The zero-order valence-electron chi connectivity index (χ0n) is 9.75. The van der Waals surface area contributed by atoms with Gasteiger partial charge in [0.05, 0.1) is 0 Å². The van der Waals surface area contributed by atoms with Crippen LogP contribution in [0.15, 0.2) is 10.8 Å². The molecular formula is C12H22N2S. The molecule has 0 aliphatic rings. The summed E-state index contributed by atoms with van der Waals surface area (Å²) in [5, 5.41) is 4.39. The Morgan fingerprint density at radius 3 is 2.67 bits per heavy atom. The lowest BCUT2D eigenvalue weighted by Gasteiger charge is -2.15. The van der Waals surface area contributed by atoms with Crippen LogP contribution in [0.2, 0.25) is 0 Å². The molecule has 0 aromatic carbocycles. The number of hydrogen-bond donors (Lipinski definition) is 2. The summed E-state index contributed by atoms with van der Waals surface area (Å²) in [4.78, 5) is 0. The SMILES string of the molecule is CCCCCCC(NN)c1cscc1C. The second-order valence-corrected chi connectivity index (χ2v) is 4.82. The van der Waals surface area contributed by atoms with E-state index in [1.807, 2.05) is 0 Å². The molecule has 1 aromatic rings. The van der Waals surface area contributed by atoms with Gasteiger partial charge in [0.15, 0.2) is 0 Å². The maximum atomic E-state index is 5.60. The monoisotopic (exact) mass is 226 g/mol. The Bertz CT molecular complexity index is 270. The van der Waals surface area contributed by atoms with Gasteiger partial charge in [0.25, 0.3) is 0 Å². The van der Waals surface area contributed by atoms with E-state index in [-0.39, 0.29) is 0 Å². The van der Waals surface area contributed by atoms with E-state index in [0.717, 1.165) is 6.42 Å². The predicted molar refractivity (Wildman–Crippen MR) is 67.9 cm³/mol. The first kappa shape index (κ1) is 12.7. The van der Waals surface area contributed by atoms with Crippen LogP contribution in [0.1, 0.15) is 56.2 Å². The van der Waals surface area contributed by atoms with Gasteiger partial charge in [-0.3, -0.25) is 11.3 Å². The Morgan fingerprint density at radius 2 is 2.13 bits per heavy atom. The van der Waals surface area contributed by atoms with Gasteiger partial charge in [-0.05, 0) is 35.2 Å². The molecule has 0 aliphatic heterocycles. The number of aryl methyl sites for hydroxylation is 1. The Morgan fingerprint density at radius 1 is 1.33 bits per heavy atom. The molecule has 3 N–H and O–H groups in total. The lowest BCUT2D eigenvalue weighted by atomic mass is 10.0. The molecule has 15 heavy (non-hydrogen) atoms. The fraction of sp³-hybridized carbons (Fsp3) is 0.667. The van der Waals surface area contributed by atoms with Crippen molar-refractivity contribution in [2.24, 2.45) is 5.84 Å². The van der Waals surface area contributed by atoms with Gasteiger partial charge < -0.3 is 0 Å². The van der Waals surface area contributed by atoms with Crippen LogP contribution >= 0.6 is 11.3 Å². The zero-order chi connectivity index (χ0) is 11.1. The van der Waals surface area contributed by atoms with Crippen molar-refractivity contribution < 1.29 is 0 Å². The third kappa shape index (κ3) is 3.93.